The highest BCUT2D eigenvalue weighted by atomic mass is 16.5. The van der Waals surface area contributed by atoms with Gasteiger partial charge in [-0.2, -0.15) is 0 Å². The maximum atomic E-state index is 13.9. The molecule has 10 heteroatoms. The van der Waals surface area contributed by atoms with Crippen LogP contribution in [0.5, 0.6) is 5.75 Å². The smallest absolute Gasteiger partial charge is 0.256 e. The molecule has 244 valence electrons. The second kappa shape index (κ2) is 12.9. The van der Waals surface area contributed by atoms with Crippen molar-refractivity contribution in [2.75, 3.05) is 51.1 Å². The van der Waals surface area contributed by atoms with Crippen molar-refractivity contribution in [3.63, 3.8) is 0 Å². The van der Waals surface area contributed by atoms with Crippen LogP contribution in [-0.4, -0.2) is 68.2 Å². The third-order valence-corrected chi connectivity index (χ3v) is 10.1. The third kappa shape index (κ3) is 5.80. The summed E-state index contributed by atoms with van der Waals surface area (Å²) in [5, 5.41) is 9.96. The van der Waals surface area contributed by atoms with Crippen LogP contribution in [0.1, 0.15) is 70.9 Å². The lowest BCUT2D eigenvalue weighted by molar-refractivity contribution is -0.122. The number of pyridine rings is 1. The molecule has 0 unspecified atom stereocenters. The first kappa shape index (κ1) is 31.8. The number of nitrogens with one attached hydrogen (secondary N) is 4. The number of aryl methyl sites for hydroxylation is 1. The monoisotopic (exact) mass is 627 g/mol. The number of aromatic nitrogens is 1. The van der Waals surface area contributed by atoms with Gasteiger partial charge in [-0.3, -0.25) is 14.4 Å². The molecule has 1 spiro atoms. The van der Waals surface area contributed by atoms with Gasteiger partial charge in [0.25, 0.3) is 11.5 Å². The molecule has 4 heterocycles. The number of fused-ring (bicyclic) bond motifs is 2. The lowest BCUT2D eigenvalue weighted by Crippen LogP contribution is -2.45. The molecular formula is C36H45N5O5. The second-order valence-electron chi connectivity index (χ2n) is 12.9. The molecule has 3 aromatic rings. The molecular weight excluding hydrogens is 582 g/mol. The number of rotatable bonds is 8. The van der Waals surface area contributed by atoms with Gasteiger partial charge in [-0.05, 0) is 112 Å². The quantitative estimate of drug-likeness (QED) is 0.286. The zero-order valence-electron chi connectivity index (χ0n) is 27.5. The van der Waals surface area contributed by atoms with Gasteiger partial charge >= 0.3 is 0 Å². The number of carbonyl (C=O) groups is 2. The summed E-state index contributed by atoms with van der Waals surface area (Å²) in [6.45, 7) is 9.07. The van der Waals surface area contributed by atoms with Gasteiger partial charge in [0.2, 0.25) is 5.91 Å². The zero-order valence-corrected chi connectivity index (χ0v) is 27.5. The molecule has 0 atom stereocenters. The fourth-order valence-corrected chi connectivity index (χ4v) is 7.33. The summed E-state index contributed by atoms with van der Waals surface area (Å²) in [6.07, 6.45) is 4.10. The fraction of sp³-hybridized carbons (Fsp3) is 0.472. The number of hydrogen-bond acceptors (Lipinski definition) is 7. The van der Waals surface area contributed by atoms with Crippen LogP contribution in [0.25, 0.3) is 11.1 Å². The van der Waals surface area contributed by atoms with E-state index in [0.717, 1.165) is 84.4 Å². The number of aromatic amines is 1. The molecule has 3 aliphatic heterocycles. The Bertz CT molecular complexity index is 1720. The topological polar surface area (TPSA) is 125 Å². The number of hydrogen-bond donors (Lipinski definition) is 4. The molecule has 46 heavy (non-hydrogen) atoms. The normalized spacial score (nSPS) is 17.9. The predicted octanol–water partition coefficient (Wildman–Crippen LogP) is 4.67. The molecule has 1 aromatic heterocycles. The first-order valence-corrected chi connectivity index (χ1v) is 16.4. The van der Waals surface area contributed by atoms with E-state index in [1.807, 2.05) is 13.0 Å². The Morgan fingerprint density at radius 3 is 2.52 bits per heavy atom. The van der Waals surface area contributed by atoms with Crippen LogP contribution in [0.15, 0.2) is 35.1 Å². The number of likely N-dealkylation sites (tertiary alicyclic amines) is 1. The van der Waals surface area contributed by atoms with Crippen LogP contribution in [0, 0.1) is 13.8 Å². The van der Waals surface area contributed by atoms with Crippen molar-refractivity contribution in [3.8, 4) is 16.9 Å². The number of benzene rings is 2. The van der Waals surface area contributed by atoms with Gasteiger partial charge in [-0.25, -0.2) is 0 Å². The molecule has 2 aromatic carbocycles. The number of H-pyrrole nitrogens is 1. The number of nitrogens with zero attached hydrogens (tertiary/aromatic N) is 1. The second-order valence-corrected chi connectivity index (χ2v) is 12.9. The molecule has 2 amide bonds. The minimum Gasteiger partial charge on any atom is -0.496 e. The molecule has 0 radical (unpaired) electrons. The highest BCUT2D eigenvalue weighted by molar-refractivity contribution is 6.07. The predicted molar refractivity (Wildman–Crippen MR) is 180 cm³/mol. The van der Waals surface area contributed by atoms with Gasteiger partial charge in [0.15, 0.2) is 0 Å². The molecule has 0 bridgehead atoms. The lowest BCUT2D eigenvalue weighted by Gasteiger charge is -2.36. The fourth-order valence-electron chi connectivity index (χ4n) is 7.33. The van der Waals surface area contributed by atoms with Crippen molar-refractivity contribution in [1.29, 1.82) is 0 Å². The van der Waals surface area contributed by atoms with Gasteiger partial charge < -0.3 is 35.3 Å². The summed E-state index contributed by atoms with van der Waals surface area (Å²) < 4.78 is 11.1. The van der Waals surface area contributed by atoms with Crippen molar-refractivity contribution < 1.29 is 19.1 Å². The van der Waals surface area contributed by atoms with Crippen LogP contribution in [0.2, 0.25) is 0 Å². The molecule has 4 N–H and O–H groups in total. The van der Waals surface area contributed by atoms with Gasteiger partial charge in [-0.1, -0.05) is 19.1 Å². The van der Waals surface area contributed by atoms with Crippen LogP contribution in [-0.2, 0) is 27.9 Å². The highest BCUT2D eigenvalue weighted by Crippen LogP contribution is 2.47. The van der Waals surface area contributed by atoms with Crippen LogP contribution in [0.4, 0.5) is 11.4 Å². The van der Waals surface area contributed by atoms with Crippen LogP contribution < -0.4 is 26.2 Å². The number of amides is 2. The van der Waals surface area contributed by atoms with Crippen molar-refractivity contribution in [2.45, 2.75) is 70.9 Å². The molecule has 3 aliphatic rings. The molecule has 2 saturated heterocycles. The maximum Gasteiger partial charge on any atom is 0.256 e. The van der Waals surface area contributed by atoms with Gasteiger partial charge in [0.1, 0.15) is 5.75 Å². The number of ether oxygens (including phenoxy) is 2. The summed E-state index contributed by atoms with van der Waals surface area (Å²) >= 11 is 0. The molecule has 0 saturated carbocycles. The average Bonchev–Trinajstić information content (AvgIpc) is 3.32. The number of piperidine rings is 1. The summed E-state index contributed by atoms with van der Waals surface area (Å²) in [4.78, 5) is 45.1. The van der Waals surface area contributed by atoms with Gasteiger partial charge in [0.05, 0.1) is 24.6 Å². The van der Waals surface area contributed by atoms with E-state index < -0.39 is 5.41 Å². The van der Waals surface area contributed by atoms with Gasteiger partial charge in [-0.15, -0.1) is 0 Å². The van der Waals surface area contributed by atoms with E-state index >= 15 is 0 Å². The summed E-state index contributed by atoms with van der Waals surface area (Å²) in [5.41, 5.74) is 7.54. The Hall–Kier alpha value is -4.15. The zero-order chi connectivity index (χ0) is 32.6. The summed E-state index contributed by atoms with van der Waals surface area (Å²) in [7, 11) is 3.61. The van der Waals surface area contributed by atoms with E-state index in [4.69, 9.17) is 9.47 Å². The largest absolute Gasteiger partial charge is 0.496 e. The van der Waals surface area contributed by atoms with Crippen molar-refractivity contribution in [3.05, 3.63) is 74.2 Å². The number of anilines is 2. The summed E-state index contributed by atoms with van der Waals surface area (Å²) in [6, 6.07) is 10.2. The van der Waals surface area contributed by atoms with Crippen LogP contribution >= 0.6 is 0 Å². The van der Waals surface area contributed by atoms with Crippen LogP contribution in [0.3, 0.4) is 0 Å². The van der Waals surface area contributed by atoms with E-state index in [1.165, 1.54) is 7.11 Å². The first-order valence-electron chi connectivity index (χ1n) is 16.4. The maximum absolute atomic E-state index is 13.9. The van der Waals surface area contributed by atoms with E-state index in [9.17, 15) is 14.4 Å². The lowest BCUT2D eigenvalue weighted by atomic mass is 9.73. The summed E-state index contributed by atoms with van der Waals surface area (Å²) in [5.74, 6) is 0.235. The number of carbonyl (C=O) groups excluding carboxylic acids is 2. The minimum atomic E-state index is -0.489. The Balaban J connectivity index is 1.40. The molecule has 2 fully saturated rings. The van der Waals surface area contributed by atoms with E-state index in [0.29, 0.717) is 35.8 Å². The minimum absolute atomic E-state index is 0.0206. The third-order valence-electron chi connectivity index (χ3n) is 10.1. The molecule has 0 aliphatic carbocycles. The van der Waals surface area contributed by atoms with Crippen molar-refractivity contribution in [1.82, 2.24) is 15.2 Å². The molecule has 10 nitrogen and oxygen atoms in total. The Morgan fingerprint density at radius 2 is 1.83 bits per heavy atom. The Kier molecular flexibility index (Phi) is 8.94. The molecule has 6 rings (SSSR count). The van der Waals surface area contributed by atoms with Crippen molar-refractivity contribution >= 4 is 23.2 Å². The van der Waals surface area contributed by atoms with E-state index in [-0.39, 0.29) is 30.0 Å². The Morgan fingerprint density at radius 1 is 1.09 bits per heavy atom. The first-order chi connectivity index (χ1) is 22.1. The Labute approximate surface area is 270 Å². The number of methoxy groups -OCH3 is 1. The average molecular weight is 628 g/mol. The van der Waals surface area contributed by atoms with Gasteiger partial charge in [0, 0.05) is 41.9 Å². The SMILES string of the molecule is CCc1c(-c2ccc3c(c2)NC(=O)C32CCN(C)CC2)cc(C(=O)NCc2c(OC)cc(C)[nH]c2=O)c(C)c1NC1CCOCC1. The van der Waals surface area contributed by atoms with E-state index in [2.05, 4.69) is 58.0 Å². The standard InChI is InChI=1S/C36H45N5O5/c1-6-25-27(23-7-8-29-30(18-23)40-35(44)36(29)11-13-41(4)14-12-36)19-26(22(3)32(25)39-24-9-15-46-16-10-24)33(42)37-20-28-31(45-5)17-21(2)38-34(28)43/h7-8,17-19,24,39H,6,9-16,20H2,1-5H3,(H,37,42)(H,38,43)(H,40,44). The highest BCUT2D eigenvalue weighted by Gasteiger charge is 2.48. The van der Waals surface area contributed by atoms with Crippen molar-refractivity contribution in [2.24, 2.45) is 0 Å². The van der Waals surface area contributed by atoms with E-state index in [1.54, 1.807) is 13.0 Å².